The van der Waals surface area contributed by atoms with Gasteiger partial charge in [0.1, 0.15) is 5.75 Å². The summed E-state index contributed by atoms with van der Waals surface area (Å²) < 4.78 is 11.3. The predicted octanol–water partition coefficient (Wildman–Crippen LogP) is 4.14. The molecule has 4 rings (SSSR count). The molecular formula is C24H27N3O4. The minimum atomic E-state index is -0.260. The molecule has 2 heterocycles. The summed E-state index contributed by atoms with van der Waals surface area (Å²) in [5.74, 6) is 0.742. The zero-order valence-electron chi connectivity index (χ0n) is 17.6. The number of aromatic nitrogens is 1. The number of carbonyl (C=O) groups excluding carboxylic acids is 1. The number of amides is 2. The number of benzene rings is 2. The Morgan fingerprint density at radius 2 is 2.06 bits per heavy atom. The molecule has 162 valence electrons. The summed E-state index contributed by atoms with van der Waals surface area (Å²) in [5.41, 5.74) is 1.75. The second-order valence-corrected chi connectivity index (χ2v) is 7.62. The van der Waals surface area contributed by atoms with Gasteiger partial charge in [0.25, 0.3) is 5.56 Å². The van der Waals surface area contributed by atoms with Crippen LogP contribution in [0.3, 0.4) is 0 Å². The first-order valence-corrected chi connectivity index (χ1v) is 10.6. The first-order chi connectivity index (χ1) is 15.1. The van der Waals surface area contributed by atoms with Gasteiger partial charge in [0.15, 0.2) is 0 Å². The van der Waals surface area contributed by atoms with Crippen molar-refractivity contribution in [3.05, 3.63) is 70.5 Å². The smallest absolute Gasteiger partial charge is 0.322 e. The molecule has 2 N–H and O–H groups in total. The van der Waals surface area contributed by atoms with Gasteiger partial charge in [-0.05, 0) is 56.2 Å². The third kappa shape index (κ3) is 5.24. The number of aromatic amines is 1. The monoisotopic (exact) mass is 421 g/mol. The molecule has 0 saturated carbocycles. The van der Waals surface area contributed by atoms with Crippen molar-refractivity contribution in [2.45, 2.75) is 32.4 Å². The largest absolute Gasteiger partial charge is 0.494 e. The van der Waals surface area contributed by atoms with Crippen LogP contribution < -0.4 is 15.6 Å². The van der Waals surface area contributed by atoms with Crippen LogP contribution in [0.15, 0.2) is 59.4 Å². The lowest BCUT2D eigenvalue weighted by Crippen LogP contribution is -2.40. The average molecular weight is 421 g/mol. The highest BCUT2D eigenvalue weighted by Gasteiger charge is 2.24. The van der Waals surface area contributed by atoms with E-state index in [1.165, 1.54) is 0 Å². The van der Waals surface area contributed by atoms with Crippen molar-refractivity contribution in [1.29, 1.82) is 0 Å². The number of urea groups is 1. The number of H-pyrrole nitrogens is 1. The zero-order chi connectivity index (χ0) is 21.6. The molecule has 1 aliphatic rings. The van der Waals surface area contributed by atoms with Gasteiger partial charge in [-0.1, -0.05) is 18.2 Å². The molecule has 0 radical (unpaired) electrons. The van der Waals surface area contributed by atoms with Crippen molar-refractivity contribution < 1.29 is 14.3 Å². The molecule has 0 bridgehead atoms. The lowest BCUT2D eigenvalue weighted by atomic mass is 10.1. The number of nitrogens with zero attached hydrogens (tertiary/aromatic N) is 1. The van der Waals surface area contributed by atoms with Crippen LogP contribution in [0.2, 0.25) is 0 Å². The van der Waals surface area contributed by atoms with Crippen LogP contribution in [0.4, 0.5) is 10.5 Å². The minimum absolute atomic E-state index is 0.0226. The van der Waals surface area contributed by atoms with Crippen LogP contribution in [0.5, 0.6) is 5.75 Å². The zero-order valence-corrected chi connectivity index (χ0v) is 17.6. The molecule has 1 unspecified atom stereocenters. The summed E-state index contributed by atoms with van der Waals surface area (Å²) >= 11 is 0. The topological polar surface area (TPSA) is 83.7 Å². The minimum Gasteiger partial charge on any atom is -0.494 e. The van der Waals surface area contributed by atoms with Crippen molar-refractivity contribution >= 4 is 22.6 Å². The highest BCUT2D eigenvalue weighted by atomic mass is 16.5. The number of para-hydroxylation sites is 1. The number of rotatable bonds is 7. The van der Waals surface area contributed by atoms with E-state index in [0.717, 1.165) is 29.5 Å². The highest BCUT2D eigenvalue weighted by molar-refractivity contribution is 5.89. The van der Waals surface area contributed by atoms with Crippen LogP contribution in [0, 0.1) is 0 Å². The number of carbonyl (C=O) groups is 1. The molecule has 7 nitrogen and oxygen atoms in total. The van der Waals surface area contributed by atoms with Gasteiger partial charge in [-0.25, -0.2) is 4.79 Å². The fraction of sp³-hybridized carbons (Fsp3) is 0.333. The summed E-state index contributed by atoms with van der Waals surface area (Å²) in [6, 6.07) is 16.4. The summed E-state index contributed by atoms with van der Waals surface area (Å²) in [4.78, 5) is 30.3. The molecule has 3 aromatic rings. The third-order valence-corrected chi connectivity index (χ3v) is 5.33. The van der Waals surface area contributed by atoms with E-state index in [1.54, 1.807) is 4.90 Å². The van der Waals surface area contributed by atoms with Crippen LogP contribution in [-0.2, 0) is 11.3 Å². The van der Waals surface area contributed by atoms with Gasteiger partial charge in [-0.3, -0.25) is 4.79 Å². The molecule has 2 amide bonds. The summed E-state index contributed by atoms with van der Waals surface area (Å²) in [7, 11) is 0. The van der Waals surface area contributed by atoms with E-state index in [1.807, 2.05) is 61.5 Å². The Morgan fingerprint density at radius 3 is 2.81 bits per heavy atom. The predicted molar refractivity (Wildman–Crippen MR) is 121 cm³/mol. The standard InChI is InChI=1S/C24H27N3O4/c1-2-30-20-10-11-22-17(14-20)13-18(23(28)26-22)15-27(16-21-9-6-12-31-21)24(29)25-19-7-4-3-5-8-19/h3-5,7-8,10-11,13-14,21H,2,6,9,12,15-16H2,1H3,(H,25,29)(H,26,28). The average Bonchev–Trinajstić information content (AvgIpc) is 3.28. The maximum atomic E-state index is 13.0. The van der Waals surface area contributed by atoms with Gasteiger partial charge < -0.3 is 24.7 Å². The molecule has 1 aromatic heterocycles. The van der Waals surface area contributed by atoms with Crippen molar-refractivity contribution in [3.8, 4) is 5.75 Å². The van der Waals surface area contributed by atoms with Crippen molar-refractivity contribution in [2.75, 3.05) is 25.1 Å². The Labute approximate surface area is 181 Å². The number of anilines is 1. The second kappa shape index (κ2) is 9.66. The van der Waals surface area contributed by atoms with Gasteiger partial charge in [0.05, 0.1) is 19.3 Å². The number of fused-ring (bicyclic) bond motifs is 1. The van der Waals surface area contributed by atoms with E-state index in [9.17, 15) is 9.59 Å². The highest BCUT2D eigenvalue weighted by Crippen LogP contribution is 2.21. The molecule has 1 fully saturated rings. The summed E-state index contributed by atoms with van der Waals surface area (Å²) in [5, 5.41) is 3.78. The van der Waals surface area contributed by atoms with Gasteiger partial charge >= 0.3 is 6.03 Å². The number of pyridine rings is 1. The third-order valence-electron chi connectivity index (χ3n) is 5.33. The first kappa shape index (κ1) is 20.9. The fourth-order valence-corrected chi connectivity index (χ4v) is 3.79. The number of hydrogen-bond acceptors (Lipinski definition) is 4. The van der Waals surface area contributed by atoms with Crippen LogP contribution >= 0.6 is 0 Å². The van der Waals surface area contributed by atoms with Gasteiger partial charge in [0, 0.05) is 35.3 Å². The molecule has 0 spiro atoms. The van der Waals surface area contributed by atoms with E-state index in [-0.39, 0.29) is 24.2 Å². The Hall–Kier alpha value is -3.32. The van der Waals surface area contributed by atoms with E-state index in [0.29, 0.717) is 31.0 Å². The molecule has 1 aliphatic heterocycles. The lowest BCUT2D eigenvalue weighted by Gasteiger charge is -2.25. The molecule has 1 saturated heterocycles. The van der Waals surface area contributed by atoms with Crippen molar-refractivity contribution in [1.82, 2.24) is 9.88 Å². The molecule has 31 heavy (non-hydrogen) atoms. The van der Waals surface area contributed by atoms with Crippen molar-refractivity contribution in [2.24, 2.45) is 0 Å². The SMILES string of the molecule is CCOc1ccc2[nH]c(=O)c(CN(CC3CCCO3)C(=O)Nc3ccccc3)cc2c1. The van der Waals surface area contributed by atoms with E-state index < -0.39 is 0 Å². The Balaban J connectivity index is 1.60. The number of hydrogen-bond donors (Lipinski definition) is 2. The number of ether oxygens (including phenoxy) is 2. The summed E-state index contributed by atoms with van der Waals surface area (Å²) in [6.45, 7) is 3.81. The molecule has 0 aliphatic carbocycles. The van der Waals surface area contributed by atoms with Gasteiger partial charge in [-0.2, -0.15) is 0 Å². The molecule has 7 heteroatoms. The lowest BCUT2D eigenvalue weighted by molar-refractivity contribution is 0.0818. The Morgan fingerprint density at radius 1 is 1.23 bits per heavy atom. The van der Waals surface area contributed by atoms with Crippen LogP contribution in [-0.4, -0.2) is 41.8 Å². The number of nitrogens with one attached hydrogen (secondary N) is 2. The maximum absolute atomic E-state index is 13.0. The molecular weight excluding hydrogens is 394 g/mol. The molecule has 2 aromatic carbocycles. The summed E-state index contributed by atoms with van der Waals surface area (Å²) in [6.07, 6.45) is 1.86. The van der Waals surface area contributed by atoms with E-state index in [4.69, 9.17) is 9.47 Å². The molecule has 1 atom stereocenters. The second-order valence-electron chi connectivity index (χ2n) is 7.62. The Kier molecular flexibility index (Phi) is 6.52. The first-order valence-electron chi connectivity index (χ1n) is 10.6. The van der Waals surface area contributed by atoms with Crippen LogP contribution in [0.25, 0.3) is 10.9 Å². The van der Waals surface area contributed by atoms with Crippen molar-refractivity contribution in [3.63, 3.8) is 0 Å². The Bertz CT molecular complexity index is 1090. The quantitative estimate of drug-likeness (QED) is 0.601. The van der Waals surface area contributed by atoms with Crippen LogP contribution in [0.1, 0.15) is 25.3 Å². The van der Waals surface area contributed by atoms with E-state index >= 15 is 0 Å². The van der Waals surface area contributed by atoms with Gasteiger partial charge in [0.2, 0.25) is 0 Å². The van der Waals surface area contributed by atoms with E-state index in [2.05, 4.69) is 10.3 Å². The maximum Gasteiger partial charge on any atom is 0.322 e. The normalized spacial score (nSPS) is 15.7. The van der Waals surface area contributed by atoms with Gasteiger partial charge in [-0.15, -0.1) is 0 Å². The fourth-order valence-electron chi connectivity index (χ4n) is 3.79.